The summed E-state index contributed by atoms with van der Waals surface area (Å²) in [7, 11) is 1.56. The Balaban J connectivity index is 1.72. The van der Waals surface area contributed by atoms with E-state index in [4.69, 9.17) is 15.2 Å². The van der Waals surface area contributed by atoms with Crippen molar-refractivity contribution in [3.8, 4) is 39.9 Å². The van der Waals surface area contributed by atoms with Crippen LogP contribution in [0.3, 0.4) is 0 Å². The second-order valence-corrected chi connectivity index (χ2v) is 8.15. The third-order valence-corrected chi connectivity index (χ3v) is 5.97. The minimum absolute atomic E-state index is 0.0569. The van der Waals surface area contributed by atoms with Gasteiger partial charge in [-0.3, -0.25) is 4.79 Å². The molecule has 0 unspecified atom stereocenters. The number of primary amides is 1. The maximum Gasteiger partial charge on any atom is 0.411 e. The summed E-state index contributed by atoms with van der Waals surface area (Å²) < 4.78 is 11.4. The number of aromatic hydroxyl groups is 1. The molecular formula is C25H23N5O5. The number of H-pyrrole nitrogens is 1. The molecule has 0 saturated heterocycles. The Bertz CT molecular complexity index is 1500. The molecule has 0 fully saturated rings. The summed E-state index contributed by atoms with van der Waals surface area (Å²) in [6.07, 6.45) is 6.50. The number of aromatic amines is 1. The minimum Gasteiger partial charge on any atom is -0.497 e. The average molecular weight is 473 g/mol. The molecule has 5 rings (SSSR count). The van der Waals surface area contributed by atoms with Crippen molar-refractivity contribution < 1.29 is 19.4 Å². The predicted molar refractivity (Wildman–Crippen MR) is 129 cm³/mol. The Morgan fingerprint density at radius 2 is 1.89 bits per heavy atom. The molecule has 178 valence electrons. The van der Waals surface area contributed by atoms with Gasteiger partial charge < -0.3 is 25.3 Å². The van der Waals surface area contributed by atoms with Crippen LogP contribution in [0.5, 0.6) is 17.5 Å². The number of carbonyl (C=O) groups excluding carboxylic acids is 1. The van der Waals surface area contributed by atoms with Crippen LogP contribution in [0.15, 0.2) is 53.5 Å². The van der Waals surface area contributed by atoms with Crippen LogP contribution in [0, 0.1) is 0 Å². The van der Waals surface area contributed by atoms with Gasteiger partial charge in [0.15, 0.2) is 0 Å². The SMILES string of the molecule is COc1ccc(-c2c(O)n3nc(-c4ccc(OC(N)=O)nc4)c(C4=CCCCC4)c3[nH]c2=O)cc1. The maximum atomic E-state index is 13.2. The van der Waals surface area contributed by atoms with E-state index < -0.39 is 11.7 Å². The minimum atomic E-state index is -0.959. The third-order valence-electron chi connectivity index (χ3n) is 5.97. The number of ether oxygens (including phenoxy) is 2. The average Bonchev–Trinajstić information content (AvgIpc) is 3.24. The highest BCUT2D eigenvalue weighted by Crippen LogP contribution is 2.38. The molecule has 0 radical (unpaired) electrons. The molecule has 0 aliphatic heterocycles. The number of aromatic nitrogens is 4. The van der Waals surface area contributed by atoms with Gasteiger partial charge in [-0.25, -0.2) is 9.78 Å². The number of rotatable bonds is 5. The number of fused-ring (bicyclic) bond motifs is 1. The van der Waals surface area contributed by atoms with Gasteiger partial charge in [0.1, 0.15) is 22.7 Å². The van der Waals surface area contributed by atoms with E-state index in [-0.39, 0.29) is 17.3 Å². The van der Waals surface area contributed by atoms with E-state index in [9.17, 15) is 14.7 Å². The maximum absolute atomic E-state index is 13.2. The van der Waals surface area contributed by atoms with Crippen molar-refractivity contribution in [1.29, 1.82) is 0 Å². The van der Waals surface area contributed by atoms with Gasteiger partial charge >= 0.3 is 6.09 Å². The molecule has 0 bridgehead atoms. The summed E-state index contributed by atoms with van der Waals surface area (Å²) in [6, 6.07) is 10.0. The number of amides is 1. The summed E-state index contributed by atoms with van der Waals surface area (Å²) in [6.45, 7) is 0. The lowest BCUT2D eigenvalue weighted by molar-refractivity contribution is 0.209. The molecule has 35 heavy (non-hydrogen) atoms. The molecule has 4 aromatic rings. The van der Waals surface area contributed by atoms with Crippen LogP contribution in [0.4, 0.5) is 4.79 Å². The van der Waals surface area contributed by atoms with Gasteiger partial charge in [-0.15, -0.1) is 0 Å². The molecular weight excluding hydrogens is 450 g/mol. The van der Waals surface area contributed by atoms with Crippen LogP contribution < -0.4 is 20.8 Å². The number of carbonyl (C=O) groups is 1. The molecule has 1 aliphatic rings. The summed E-state index contributed by atoms with van der Waals surface area (Å²) in [5, 5.41) is 15.8. The Morgan fingerprint density at radius 3 is 2.51 bits per heavy atom. The molecule has 3 heterocycles. The van der Waals surface area contributed by atoms with E-state index in [1.165, 1.54) is 16.8 Å². The second-order valence-electron chi connectivity index (χ2n) is 8.15. The standard InChI is InChI=1S/C25H23N5O5/c1-34-17-10-7-15(8-11-17)20-23(31)28-22-19(14-5-3-2-4-6-14)21(29-30(22)24(20)32)16-9-12-18(27-13-16)35-25(26)33/h5,7-13,32H,2-4,6H2,1H3,(H2,26,33)(H,28,31). The molecule has 3 aromatic heterocycles. The first-order valence-electron chi connectivity index (χ1n) is 11.1. The van der Waals surface area contributed by atoms with Crippen LogP contribution in [-0.2, 0) is 0 Å². The number of nitrogens with two attached hydrogens (primary N) is 1. The van der Waals surface area contributed by atoms with Gasteiger partial charge in [-0.2, -0.15) is 9.61 Å². The van der Waals surface area contributed by atoms with Crippen LogP contribution in [0.2, 0.25) is 0 Å². The predicted octanol–water partition coefficient (Wildman–Crippen LogP) is 3.88. The van der Waals surface area contributed by atoms with Crippen molar-refractivity contribution in [2.24, 2.45) is 5.73 Å². The number of nitrogens with zero attached hydrogens (tertiary/aromatic N) is 3. The number of hydrogen-bond acceptors (Lipinski definition) is 7. The molecule has 1 aromatic carbocycles. The number of methoxy groups -OCH3 is 1. The van der Waals surface area contributed by atoms with Crippen molar-refractivity contribution in [3.63, 3.8) is 0 Å². The highest BCUT2D eigenvalue weighted by molar-refractivity contribution is 5.88. The van der Waals surface area contributed by atoms with E-state index in [1.807, 2.05) is 0 Å². The van der Waals surface area contributed by atoms with Crippen molar-refractivity contribution in [1.82, 2.24) is 19.6 Å². The summed E-state index contributed by atoms with van der Waals surface area (Å²) in [5.74, 6) is 0.413. The van der Waals surface area contributed by atoms with Crippen LogP contribution in [-0.4, -0.2) is 37.9 Å². The van der Waals surface area contributed by atoms with E-state index in [1.54, 1.807) is 37.4 Å². The van der Waals surface area contributed by atoms with Gasteiger partial charge in [0.2, 0.25) is 11.8 Å². The van der Waals surface area contributed by atoms with Gasteiger partial charge in [-0.05, 0) is 55.0 Å². The van der Waals surface area contributed by atoms with E-state index >= 15 is 0 Å². The molecule has 0 spiro atoms. The zero-order valence-electron chi connectivity index (χ0n) is 18.9. The number of allylic oxidation sites excluding steroid dienone is 2. The second kappa shape index (κ2) is 8.98. The normalized spacial score (nSPS) is 13.5. The van der Waals surface area contributed by atoms with Gasteiger partial charge in [0.05, 0.1) is 7.11 Å². The Hall–Kier alpha value is -4.60. The van der Waals surface area contributed by atoms with Gasteiger partial charge in [0, 0.05) is 23.4 Å². The molecule has 0 saturated carbocycles. The van der Waals surface area contributed by atoms with Crippen LogP contribution in [0.25, 0.3) is 33.6 Å². The lowest BCUT2D eigenvalue weighted by atomic mass is 9.92. The third kappa shape index (κ3) is 4.10. The topological polar surface area (TPSA) is 145 Å². The number of pyridine rings is 1. The Kier molecular flexibility index (Phi) is 5.69. The molecule has 4 N–H and O–H groups in total. The van der Waals surface area contributed by atoms with E-state index in [0.717, 1.165) is 36.8 Å². The molecule has 1 aliphatic carbocycles. The van der Waals surface area contributed by atoms with E-state index in [0.29, 0.717) is 28.2 Å². The van der Waals surface area contributed by atoms with Crippen molar-refractivity contribution in [2.45, 2.75) is 25.7 Å². The van der Waals surface area contributed by atoms with Gasteiger partial charge in [-0.1, -0.05) is 18.2 Å². The smallest absolute Gasteiger partial charge is 0.411 e. The van der Waals surface area contributed by atoms with Gasteiger partial charge in [0.25, 0.3) is 5.56 Å². The monoisotopic (exact) mass is 473 g/mol. The first kappa shape index (κ1) is 22.2. The zero-order chi connectivity index (χ0) is 24.5. The number of benzene rings is 1. The molecule has 10 nitrogen and oxygen atoms in total. The summed E-state index contributed by atoms with van der Waals surface area (Å²) >= 11 is 0. The fourth-order valence-corrected chi connectivity index (χ4v) is 4.34. The van der Waals surface area contributed by atoms with Crippen molar-refractivity contribution in [3.05, 3.63) is 64.6 Å². The summed E-state index contributed by atoms with van der Waals surface area (Å²) in [4.78, 5) is 31.2. The highest BCUT2D eigenvalue weighted by Gasteiger charge is 2.24. The van der Waals surface area contributed by atoms with Crippen molar-refractivity contribution >= 4 is 17.3 Å². The zero-order valence-corrected chi connectivity index (χ0v) is 18.9. The molecule has 0 atom stereocenters. The first-order valence-corrected chi connectivity index (χ1v) is 11.1. The van der Waals surface area contributed by atoms with E-state index in [2.05, 4.69) is 21.1 Å². The van der Waals surface area contributed by atoms with Crippen LogP contribution in [0.1, 0.15) is 31.2 Å². The largest absolute Gasteiger partial charge is 0.497 e. The Morgan fingerprint density at radius 1 is 1.11 bits per heavy atom. The highest BCUT2D eigenvalue weighted by atomic mass is 16.6. The number of nitrogens with one attached hydrogen (secondary N) is 1. The number of hydrogen-bond donors (Lipinski definition) is 3. The van der Waals surface area contributed by atoms with Crippen LogP contribution >= 0.6 is 0 Å². The summed E-state index contributed by atoms with van der Waals surface area (Å²) in [5.41, 5.74) is 8.56. The quantitative estimate of drug-likeness (QED) is 0.399. The lowest BCUT2D eigenvalue weighted by Crippen LogP contribution is -2.16. The fraction of sp³-hybridized carbons (Fsp3) is 0.200. The first-order chi connectivity index (χ1) is 17.0. The fourth-order valence-electron chi connectivity index (χ4n) is 4.34. The lowest BCUT2D eigenvalue weighted by Gasteiger charge is -2.13. The Labute approximate surface area is 199 Å². The molecule has 10 heteroatoms. The van der Waals surface area contributed by atoms with Crippen molar-refractivity contribution in [2.75, 3.05) is 7.11 Å². The molecule has 1 amide bonds.